The molecule has 1 aliphatic carbocycles. The van der Waals surface area contributed by atoms with Crippen molar-refractivity contribution in [3.8, 4) is 0 Å². The predicted octanol–water partition coefficient (Wildman–Crippen LogP) is 2.23. The van der Waals surface area contributed by atoms with Gasteiger partial charge in [0.15, 0.2) is 0 Å². The van der Waals surface area contributed by atoms with Gasteiger partial charge in [-0.1, -0.05) is 37.3 Å². The molecule has 1 saturated carbocycles. The molecule has 0 aromatic heterocycles. The molecule has 1 aliphatic rings. The van der Waals surface area contributed by atoms with E-state index in [1.165, 1.54) is 0 Å². The normalized spacial score (nSPS) is 23.2. The summed E-state index contributed by atoms with van der Waals surface area (Å²) in [6.45, 7) is 2.21. The van der Waals surface area contributed by atoms with Crippen LogP contribution < -0.4 is 5.32 Å². The Bertz CT molecular complexity index is 538. The van der Waals surface area contributed by atoms with Crippen molar-refractivity contribution < 1.29 is 19.8 Å². The lowest BCUT2D eigenvalue weighted by atomic mass is 9.76. The number of hydrogen-bond donors (Lipinski definition) is 3. The Kier molecular flexibility index (Phi) is 6.79. The molecule has 0 radical (unpaired) electrons. The first kappa shape index (κ1) is 18.5. The van der Waals surface area contributed by atoms with E-state index in [-0.39, 0.29) is 24.3 Å². The zero-order chi connectivity index (χ0) is 17.5. The van der Waals surface area contributed by atoms with Gasteiger partial charge in [-0.25, -0.2) is 4.79 Å². The van der Waals surface area contributed by atoms with E-state index in [1.807, 2.05) is 37.3 Å². The fourth-order valence-corrected chi connectivity index (χ4v) is 3.44. The van der Waals surface area contributed by atoms with Crippen LogP contribution >= 0.6 is 0 Å². The molecule has 5 nitrogen and oxygen atoms in total. The van der Waals surface area contributed by atoms with Crippen LogP contribution in [-0.4, -0.2) is 34.7 Å². The molecule has 0 heterocycles. The van der Waals surface area contributed by atoms with Crippen molar-refractivity contribution in [1.82, 2.24) is 5.32 Å². The molecule has 1 aromatic rings. The van der Waals surface area contributed by atoms with E-state index in [4.69, 9.17) is 0 Å². The number of benzene rings is 1. The van der Waals surface area contributed by atoms with Gasteiger partial charge < -0.3 is 15.5 Å². The highest BCUT2D eigenvalue weighted by atomic mass is 16.4. The van der Waals surface area contributed by atoms with Crippen LogP contribution in [0.1, 0.15) is 38.2 Å². The molecule has 1 fully saturated rings. The maximum absolute atomic E-state index is 12.4. The molecule has 1 aromatic carbocycles. The second-order valence-corrected chi connectivity index (χ2v) is 6.86. The molecule has 132 valence electrons. The van der Waals surface area contributed by atoms with Gasteiger partial charge in [0.05, 0.1) is 0 Å². The van der Waals surface area contributed by atoms with Crippen molar-refractivity contribution in [2.75, 3.05) is 6.61 Å². The number of rotatable bonds is 7. The summed E-state index contributed by atoms with van der Waals surface area (Å²) in [5.74, 6) is -0.564. The molecule has 0 spiro atoms. The topological polar surface area (TPSA) is 86.6 Å². The lowest BCUT2D eigenvalue weighted by molar-refractivity contribution is -0.142. The Balaban J connectivity index is 1.88. The number of nitrogens with one attached hydrogen (secondary N) is 1. The lowest BCUT2D eigenvalue weighted by Gasteiger charge is -2.31. The van der Waals surface area contributed by atoms with Crippen LogP contribution in [0, 0.1) is 17.8 Å². The Hall–Kier alpha value is -1.88. The van der Waals surface area contributed by atoms with Gasteiger partial charge in [-0.3, -0.25) is 4.79 Å². The minimum absolute atomic E-state index is 0.121. The average molecular weight is 333 g/mol. The lowest BCUT2D eigenvalue weighted by Crippen LogP contribution is -2.45. The van der Waals surface area contributed by atoms with Crippen molar-refractivity contribution in [3.05, 3.63) is 35.9 Å². The van der Waals surface area contributed by atoms with E-state index >= 15 is 0 Å². The maximum Gasteiger partial charge on any atom is 0.326 e. The van der Waals surface area contributed by atoms with Crippen molar-refractivity contribution in [2.45, 2.75) is 45.1 Å². The first-order valence-corrected chi connectivity index (χ1v) is 8.69. The quantitative estimate of drug-likeness (QED) is 0.714. The van der Waals surface area contributed by atoms with Crippen LogP contribution in [0.25, 0.3) is 0 Å². The number of aliphatic hydroxyl groups is 1. The summed E-state index contributed by atoms with van der Waals surface area (Å²) in [6, 6.07) is 8.44. The van der Waals surface area contributed by atoms with E-state index in [1.54, 1.807) is 0 Å². The number of amides is 1. The summed E-state index contributed by atoms with van der Waals surface area (Å²) < 4.78 is 0. The fraction of sp³-hybridized carbons (Fsp3) is 0.579. The van der Waals surface area contributed by atoms with Gasteiger partial charge in [0, 0.05) is 18.9 Å². The first-order valence-electron chi connectivity index (χ1n) is 8.69. The minimum atomic E-state index is -1.00. The standard InChI is InChI=1S/C19H27NO4/c1-13(12-21)15-7-9-16(10-8-15)18(22)20-17(19(23)24)11-14-5-3-2-4-6-14/h2-6,13,15-17,21H,7-12H2,1H3,(H,20,22)(H,23,24). The molecule has 24 heavy (non-hydrogen) atoms. The van der Waals surface area contributed by atoms with E-state index in [9.17, 15) is 19.8 Å². The summed E-state index contributed by atoms with van der Waals surface area (Å²) in [6.07, 6.45) is 3.64. The number of carboxylic acids is 1. The van der Waals surface area contributed by atoms with Crippen molar-refractivity contribution in [3.63, 3.8) is 0 Å². The molecule has 5 heteroatoms. The second-order valence-electron chi connectivity index (χ2n) is 6.86. The van der Waals surface area contributed by atoms with Crippen molar-refractivity contribution >= 4 is 11.9 Å². The van der Waals surface area contributed by atoms with E-state index in [0.29, 0.717) is 12.3 Å². The highest BCUT2D eigenvalue weighted by Gasteiger charge is 2.31. The molecule has 0 aliphatic heterocycles. The second kappa shape index (κ2) is 8.83. The van der Waals surface area contributed by atoms with Crippen LogP contribution in [0.5, 0.6) is 0 Å². The van der Waals surface area contributed by atoms with Gasteiger partial charge in [-0.15, -0.1) is 0 Å². The van der Waals surface area contributed by atoms with Crippen LogP contribution in [0.4, 0.5) is 0 Å². The van der Waals surface area contributed by atoms with Crippen LogP contribution in [0.15, 0.2) is 30.3 Å². The Morgan fingerprint density at radius 1 is 1.17 bits per heavy atom. The van der Waals surface area contributed by atoms with Crippen molar-refractivity contribution in [2.24, 2.45) is 17.8 Å². The summed E-state index contributed by atoms with van der Waals surface area (Å²) in [4.78, 5) is 23.9. The van der Waals surface area contributed by atoms with Crippen LogP contribution in [-0.2, 0) is 16.0 Å². The number of carbonyl (C=O) groups is 2. The molecule has 0 saturated heterocycles. The third kappa shape index (κ3) is 5.06. The van der Waals surface area contributed by atoms with E-state index in [2.05, 4.69) is 5.32 Å². The number of aliphatic carboxylic acids is 1. The largest absolute Gasteiger partial charge is 0.480 e. The summed E-state index contributed by atoms with van der Waals surface area (Å²) >= 11 is 0. The predicted molar refractivity (Wildman–Crippen MR) is 91.4 cm³/mol. The summed E-state index contributed by atoms with van der Waals surface area (Å²) in [5, 5.41) is 21.3. The maximum atomic E-state index is 12.4. The molecule has 1 amide bonds. The Morgan fingerprint density at radius 3 is 2.33 bits per heavy atom. The van der Waals surface area contributed by atoms with Gasteiger partial charge in [0.2, 0.25) is 5.91 Å². The average Bonchev–Trinajstić information content (AvgIpc) is 2.61. The number of carbonyl (C=O) groups excluding carboxylic acids is 1. The highest BCUT2D eigenvalue weighted by molar-refractivity contribution is 5.85. The molecule has 2 rings (SSSR count). The van der Waals surface area contributed by atoms with Crippen molar-refractivity contribution in [1.29, 1.82) is 0 Å². The van der Waals surface area contributed by atoms with Gasteiger partial charge >= 0.3 is 5.97 Å². The zero-order valence-corrected chi connectivity index (χ0v) is 14.1. The monoisotopic (exact) mass is 333 g/mol. The summed E-state index contributed by atoms with van der Waals surface area (Å²) in [7, 11) is 0. The van der Waals surface area contributed by atoms with Gasteiger partial charge in [-0.2, -0.15) is 0 Å². The van der Waals surface area contributed by atoms with Gasteiger partial charge in [0.25, 0.3) is 0 Å². The molecular weight excluding hydrogens is 306 g/mol. The summed E-state index contributed by atoms with van der Waals surface area (Å²) in [5.41, 5.74) is 0.894. The van der Waals surface area contributed by atoms with Gasteiger partial charge in [0.1, 0.15) is 6.04 Å². The number of hydrogen-bond acceptors (Lipinski definition) is 3. The third-order valence-corrected chi connectivity index (χ3v) is 5.13. The number of carboxylic acid groups (broad SMARTS) is 1. The fourth-order valence-electron chi connectivity index (χ4n) is 3.44. The SMILES string of the molecule is CC(CO)C1CCC(C(=O)NC(Cc2ccccc2)C(=O)O)CC1. The van der Waals surface area contributed by atoms with Crippen LogP contribution in [0.3, 0.4) is 0 Å². The minimum Gasteiger partial charge on any atom is -0.480 e. The molecular formula is C19H27NO4. The van der Waals surface area contributed by atoms with E-state index in [0.717, 1.165) is 31.2 Å². The third-order valence-electron chi connectivity index (χ3n) is 5.13. The first-order chi connectivity index (χ1) is 11.5. The molecule has 0 bridgehead atoms. The molecule has 2 atom stereocenters. The Morgan fingerprint density at radius 2 is 1.79 bits per heavy atom. The van der Waals surface area contributed by atoms with Gasteiger partial charge in [-0.05, 0) is 43.1 Å². The van der Waals surface area contributed by atoms with Crippen LogP contribution in [0.2, 0.25) is 0 Å². The Labute approximate surface area is 143 Å². The molecule has 3 N–H and O–H groups in total. The highest BCUT2D eigenvalue weighted by Crippen LogP contribution is 2.33. The zero-order valence-electron chi connectivity index (χ0n) is 14.1. The molecule has 2 unspecified atom stereocenters. The van der Waals surface area contributed by atoms with E-state index < -0.39 is 12.0 Å². The smallest absolute Gasteiger partial charge is 0.326 e. The number of aliphatic hydroxyl groups excluding tert-OH is 1.